The largest absolute Gasteiger partial charge is 0.726 e. The Labute approximate surface area is 333 Å². The Hall–Kier alpha value is -1.56. The van der Waals surface area contributed by atoms with Gasteiger partial charge in [-0.3, -0.25) is 19.1 Å². The van der Waals surface area contributed by atoms with Crippen molar-refractivity contribution in [2.75, 3.05) is 27.2 Å². The van der Waals surface area contributed by atoms with Gasteiger partial charge in [0, 0.05) is 19.8 Å². The molecule has 0 spiro atoms. The van der Waals surface area contributed by atoms with Gasteiger partial charge in [-0.2, -0.15) is 0 Å². The van der Waals surface area contributed by atoms with Crippen molar-refractivity contribution < 1.29 is 31.2 Å². The first-order valence-electron chi connectivity index (χ1n) is 22.5. The second-order valence-electron chi connectivity index (χ2n) is 16.0. The lowest BCUT2D eigenvalue weighted by molar-refractivity contribution is -0.843. The molecule has 0 fully saturated rings. The minimum Gasteiger partial charge on any atom is -0.726 e. The predicted molar refractivity (Wildman–Crippen MR) is 225 cm³/mol. The fourth-order valence-electron chi connectivity index (χ4n) is 7.12. The second kappa shape index (κ2) is 35.8. The van der Waals surface area contributed by atoms with E-state index in [4.69, 9.17) is 0 Å². The van der Waals surface area contributed by atoms with Crippen molar-refractivity contribution in [1.29, 1.82) is 0 Å². The minimum atomic E-state index is -4.41. The van der Waals surface area contributed by atoms with E-state index in [2.05, 4.69) is 40.7 Å². The van der Waals surface area contributed by atoms with Crippen molar-refractivity contribution in [3.63, 3.8) is 0 Å². The normalized spacial score (nSPS) is 16.1. The number of nitrogens with zero attached hydrogens (tertiary/aromatic N) is 2. The molecule has 0 aliphatic carbocycles. The highest BCUT2D eigenvalue weighted by Gasteiger charge is 2.40. The van der Waals surface area contributed by atoms with Gasteiger partial charge in [0.2, 0.25) is 22.2 Å². The molecular weight excluding hydrogens is 701 g/mol. The summed E-state index contributed by atoms with van der Waals surface area (Å²) in [5.41, 5.74) is 0. The zero-order chi connectivity index (χ0) is 40.2. The number of amides is 2. The van der Waals surface area contributed by atoms with E-state index in [1.807, 2.05) is 6.92 Å². The van der Waals surface area contributed by atoms with E-state index in [0.29, 0.717) is 29.8 Å². The number of hydrogen-bond acceptors (Lipinski definition) is 7. The van der Waals surface area contributed by atoms with Crippen LogP contribution in [0.1, 0.15) is 226 Å². The van der Waals surface area contributed by atoms with E-state index < -0.39 is 10.4 Å². The summed E-state index contributed by atoms with van der Waals surface area (Å²) >= 11 is 0. The molecule has 1 rings (SSSR count). The molecule has 1 heterocycles. The molecule has 0 aromatic heterocycles. The molecule has 54 heavy (non-hydrogen) atoms. The minimum absolute atomic E-state index is 0.0611. The number of likely N-dealkylation sites (N-methyl/N-ethyl adjacent to an activating group) is 1. The number of carbonyl (C=O) groups is 2. The van der Waals surface area contributed by atoms with Crippen LogP contribution in [0.2, 0.25) is 0 Å². The summed E-state index contributed by atoms with van der Waals surface area (Å²) in [6, 6.07) is 0. The second-order valence-corrected chi connectivity index (χ2v) is 17.1. The highest BCUT2D eigenvalue weighted by Crippen LogP contribution is 2.18. The van der Waals surface area contributed by atoms with E-state index in [1.165, 1.54) is 167 Å². The number of unbranched alkanes of at least 4 members (excludes halogenated alkanes) is 28. The highest BCUT2D eigenvalue weighted by molar-refractivity contribution is 7.80. The van der Waals surface area contributed by atoms with Crippen LogP contribution in [0.4, 0.5) is 0 Å². The molecule has 0 saturated heterocycles. The molecule has 0 aromatic carbocycles. The number of quaternary nitrogens is 1. The summed E-state index contributed by atoms with van der Waals surface area (Å²) < 4.78 is 31.5. The molecule has 0 saturated carbocycles. The van der Waals surface area contributed by atoms with Crippen LogP contribution >= 0.6 is 0 Å². The molecule has 2 unspecified atom stereocenters. The first-order valence-corrected chi connectivity index (χ1v) is 23.8. The molecule has 2 amide bonds. The monoisotopic (exact) mass is 787 g/mol. The lowest BCUT2D eigenvalue weighted by atomic mass is 10.0. The van der Waals surface area contributed by atoms with Crippen molar-refractivity contribution in [2.45, 2.75) is 232 Å². The molecule has 0 radical (unpaired) electrons. The zero-order valence-corrected chi connectivity index (χ0v) is 36.7. The maximum absolute atomic E-state index is 12.7. The Morgan fingerprint density at radius 3 is 1.24 bits per heavy atom. The number of carbonyl (C=O) groups excluding carboxylic acids is 2. The maximum atomic E-state index is 12.7. The van der Waals surface area contributed by atoms with Crippen LogP contribution < -0.4 is 10.6 Å². The van der Waals surface area contributed by atoms with Gasteiger partial charge in [-0.1, -0.05) is 194 Å². The lowest BCUT2D eigenvalue weighted by Crippen LogP contribution is -2.64. The molecule has 2 atom stereocenters. The Balaban J connectivity index is 0.00000430. The van der Waals surface area contributed by atoms with Crippen molar-refractivity contribution >= 4 is 28.2 Å². The van der Waals surface area contributed by atoms with Crippen molar-refractivity contribution in [3.8, 4) is 0 Å². The van der Waals surface area contributed by atoms with Gasteiger partial charge >= 0.3 is 5.96 Å². The van der Waals surface area contributed by atoms with E-state index in [0.717, 1.165) is 39.3 Å². The molecular formula is C43H86N4O6S. The summed E-state index contributed by atoms with van der Waals surface area (Å²) in [4.78, 5) is 30.1. The zero-order valence-electron chi connectivity index (χ0n) is 35.9. The van der Waals surface area contributed by atoms with Crippen LogP contribution in [-0.4, -0.2) is 68.6 Å². The molecule has 10 nitrogen and oxygen atoms in total. The third-order valence-corrected chi connectivity index (χ3v) is 11.4. The van der Waals surface area contributed by atoms with Gasteiger partial charge in [0.1, 0.15) is 6.54 Å². The van der Waals surface area contributed by atoms with Crippen LogP contribution in [0.3, 0.4) is 0 Å². The first-order chi connectivity index (χ1) is 26.0. The first kappa shape index (κ1) is 52.4. The third kappa shape index (κ3) is 31.6. The fraction of sp³-hybridized carbons (Fsp3) is 0.930. The van der Waals surface area contributed by atoms with Crippen LogP contribution in [0, 0.1) is 0 Å². The van der Waals surface area contributed by atoms with Crippen molar-refractivity contribution in [1.82, 2.24) is 10.6 Å². The van der Waals surface area contributed by atoms with Gasteiger partial charge in [0.15, 0.2) is 6.17 Å². The third-order valence-electron chi connectivity index (χ3n) is 11.0. The van der Waals surface area contributed by atoms with E-state index >= 15 is 0 Å². The van der Waals surface area contributed by atoms with E-state index in [-0.39, 0.29) is 18.0 Å². The van der Waals surface area contributed by atoms with Gasteiger partial charge in [0.05, 0.1) is 20.7 Å². The van der Waals surface area contributed by atoms with Gasteiger partial charge in [-0.25, -0.2) is 17.9 Å². The predicted octanol–water partition coefficient (Wildman–Crippen LogP) is 11.0. The molecule has 0 bridgehead atoms. The molecule has 320 valence electrons. The van der Waals surface area contributed by atoms with Gasteiger partial charge in [-0.15, -0.1) is 0 Å². The van der Waals surface area contributed by atoms with Gasteiger partial charge in [-0.05, 0) is 12.8 Å². The fourth-order valence-corrected chi connectivity index (χ4v) is 7.12. The van der Waals surface area contributed by atoms with Crippen LogP contribution in [0.15, 0.2) is 4.99 Å². The summed E-state index contributed by atoms with van der Waals surface area (Å²) in [7, 11) is -1.52. The molecule has 1 aliphatic heterocycles. The Morgan fingerprint density at radius 2 is 0.926 bits per heavy atom. The lowest BCUT2D eigenvalue weighted by Gasteiger charge is -2.35. The topological polar surface area (TPSA) is 137 Å². The number of hydrogen-bond donors (Lipinski definition) is 2. The van der Waals surface area contributed by atoms with Crippen LogP contribution in [-0.2, 0) is 24.2 Å². The number of guanidine groups is 1. The molecule has 1 aliphatic rings. The molecule has 2 N–H and O–H groups in total. The van der Waals surface area contributed by atoms with Gasteiger partial charge in [0.25, 0.3) is 0 Å². The Kier molecular flexibility index (Phi) is 34.8. The Morgan fingerprint density at radius 1 is 0.630 bits per heavy atom. The maximum Gasteiger partial charge on any atom is 0.306 e. The van der Waals surface area contributed by atoms with Crippen LogP contribution in [0.5, 0.6) is 0 Å². The standard InChI is InChI=1S/C42H82N4O2.CH4O4S/c1-5-7-9-11-13-15-17-19-21-23-25-27-29-31-33-35-40(47)44-39(3)46(4)38-37-43-42(46)45-41(48)36-34-32-30-28-26-24-22-20-18-16-14-12-10-8-6-2;1-5-6(2,3)4/h39H,5-38H2,1-4H3,(H-,43,44,45,47,48);1H3,(H,2,3,4). The quantitative estimate of drug-likeness (QED) is 0.0284. The summed E-state index contributed by atoms with van der Waals surface area (Å²) in [5, 5.41) is 6.32. The van der Waals surface area contributed by atoms with E-state index in [9.17, 15) is 22.6 Å². The number of rotatable bonds is 35. The van der Waals surface area contributed by atoms with Crippen LogP contribution in [0.25, 0.3) is 0 Å². The average molecular weight is 787 g/mol. The van der Waals surface area contributed by atoms with Gasteiger partial charge < -0.3 is 9.87 Å². The number of nitrogens with one attached hydrogen (secondary N) is 2. The highest BCUT2D eigenvalue weighted by atomic mass is 32.3. The summed E-state index contributed by atoms with van der Waals surface area (Å²) in [6.07, 6.45) is 40.9. The molecule has 0 aromatic rings. The summed E-state index contributed by atoms with van der Waals surface area (Å²) in [5.74, 6) is 0.888. The van der Waals surface area contributed by atoms with Crippen molar-refractivity contribution in [2.24, 2.45) is 4.99 Å². The SMILES string of the molecule is CCCCCCCCCCCCCCCCCC(=O)NC1=NCC[N+]1(C)C(C)NC(=O)CCCCCCCCCCCCCCCCC.COS(=O)(=O)[O-]. The molecule has 11 heteroatoms. The summed E-state index contributed by atoms with van der Waals surface area (Å²) in [6.45, 7) is 8.10. The van der Waals surface area contributed by atoms with Crippen molar-refractivity contribution in [3.05, 3.63) is 0 Å². The number of aliphatic imine (C=N–C) groups is 1. The average Bonchev–Trinajstić information content (AvgIpc) is 3.51. The van der Waals surface area contributed by atoms with E-state index in [1.54, 1.807) is 0 Å². The Bertz CT molecular complexity index is 1040. The smallest absolute Gasteiger partial charge is 0.306 e.